The van der Waals surface area contributed by atoms with Gasteiger partial charge < -0.3 is 4.90 Å². The fraction of sp³-hybridized carbons (Fsp3) is 0.421. The van der Waals surface area contributed by atoms with Crippen molar-refractivity contribution in [1.82, 2.24) is 19.8 Å². The van der Waals surface area contributed by atoms with Crippen LogP contribution in [0.15, 0.2) is 42.9 Å². The first kappa shape index (κ1) is 17.5. The van der Waals surface area contributed by atoms with Gasteiger partial charge in [0.05, 0.1) is 17.5 Å². The SMILES string of the molecule is CN(Cc1ccccn1)C1CCCN(C(=O)c2ccncc2F)CC1. The minimum Gasteiger partial charge on any atom is -0.338 e. The quantitative estimate of drug-likeness (QED) is 0.857. The van der Waals surface area contributed by atoms with Gasteiger partial charge in [0.2, 0.25) is 0 Å². The number of halogens is 1. The van der Waals surface area contributed by atoms with E-state index in [2.05, 4.69) is 21.9 Å². The summed E-state index contributed by atoms with van der Waals surface area (Å²) in [5.41, 5.74) is 1.15. The predicted octanol–water partition coefficient (Wildman–Crippen LogP) is 2.74. The molecule has 2 aromatic heterocycles. The molecule has 132 valence electrons. The summed E-state index contributed by atoms with van der Waals surface area (Å²) >= 11 is 0. The van der Waals surface area contributed by atoms with E-state index >= 15 is 0 Å². The van der Waals surface area contributed by atoms with E-state index in [9.17, 15) is 9.18 Å². The maximum absolute atomic E-state index is 13.8. The lowest BCUT2D eigenvalue weighted by Crippen LogP contribution is -2.35. The van der Waals surface area contributed by atoms with Gasteiger partial charge in [0.15, 0.2) is 5.82 Å². The lowest BCUT2D eigenvalue weighted by atomic mass is 10.1. The second-order valence-electron chi connectivity index (χ2n) is 6.47. The number of carbonyl (C=O) groups excluding carboxylic acids is 1. The second kappa shape index (κ2) is 8.16. The molecule has 3 rings (SSSR count). The van der Waals surface area contributed by atoms with E-state index in [4.69, 9.17) is 0 Å². The van der Waals surface area contributed by atoms with Crippen LogP contribution in [0.1, 0.15) is 35.3 Å². The van der Waals surface area contributed by atoms with Crippen molar-refractivity contribution in [2.45, 2.75) is 31.8 Å². The van der Waals surface area contributed by atoms with Gasteiger partial charge >= 0.3 is 0 Å². The Morgan fingerprint density at radius 3 is 2.92 bits per heavy atom. The molecule has 0 saturated carbocycles. The monoisotopic (exact) mass is 342 g/mol. The summed E-state index contributed by atoms with van der Waals surface area (Å²) in [6.07, 6.45) is 7.16. The number of carbonyl (C=O) groups is 1. The molecule has 0 aromatic carbocycles. The molecule has 1 aliphatic heterocycles. The predicted molar refractivity (Wildman–Crippen MR) is 93.4 cm³/mol. The van der Waals surface area contributed by atoms with Crippen LogP contribution in [0.5, 0.6) is 0 Å². The van der Waals surface area contributed by atoms with E-state index in [0.717, 1.165) is 37.7 Å². The van der Waals surface area contributed by atoms with E-state index in [-0.39, 0.29) is 11.5 Å². The summed E-state index contributed by atoms with van der Waals surface area (Å²) in [5, 5.41) is 0. The van der Waals surface area contributed by atoms with Crippen LogP contribution in [0.4, 0.5) is 4.39 Å². The Morgan fingerprint density at radius 1 is 1.28 bits per heavy atom. The van der Waals surface area contributed by atoms with Crippen LogP contribution in [0.2, 0.25) is 0 Å². The van der Waals surface area contributed by atoms with E-state index in [1.807, 2.05) is 18.2 Å². The van der Waals surface area contributed by atoms with Crippen molar-refractivity contribution in [3.63, 3.8) is 0 Å². The number of hydrogen-bond acceptors (Lipinski definition) is 4. The van der Waals surface area contributed by atoms with Crippen LogP contribution in [-0.2, 0) is 6.54 Å². The van der Waals surface area contributed by atoms with Crippen LogP contribution in [0.3, 0.4) is 0 Å². The number of aromatic nitrogens is 2. The van der Waals surface area contributed by atoms with Gasteiger partial charge in [0, 0.05) is 38.1 Å². The Hall–Kier alpha value is -2.34. The van der Waals surface area contributed by atoms with Gasteiger partial charge in [-0.1, -0.05) is 6.07 Å². The summed E-state index contributed by atoms with van der Waals surface area (Å²) in [6.45, 7) is 2.09. The molecule has 1 saturated heterocycles. The summed E-state index contributed by atoms with van der Waals surface area (Å²) in [5.74, 6) is -0.798. The van der Waals surface area contributed by atoms with E-state index in [0.29, 0.717) is 19.1 Å². The molecule has 25 heavy (non-hydrogen) atoms. The number of pyridine rings is 2. The number of rotatable bonds is 4. The van der Waals surface area contributed by atoms with Crippen LogP contribution in [0.25, 0.3) is 0 Å². The van der Waals surface area contributed by atoms with Gasteiger partial charge in [0.1, 0.15) is 0 Å². The topological polar surface area (TPSA) is 49.3 Å². The summed E-state index contributed by atoms with van der Waals surface area (Å²) in [7, 11) is 2.10. The average molecular weight is 342 g/mol. The highest BCUT2D eigenvalue weighted by Crippen LogP contribution is 2.19. The van der Waals surface area contributed by atoms with Crippen LogP contribution >= 0.6 is 0 Å². The van der Waals surface area contributed by atoms with E-state index in [1.54, 1.807) is 11.1 Å². The molecule has 1 fully saturated rings. The smallest absolute Gasteiger partial charge is 0.256 e. The molecule has 1 amide bonds. The molecule has 0 bridgehead atoms. The molecule has 6 heteroatoms. The molecule has 1 aliphatic rings. The molecule has 0 radical (unpaired) electrons. The molecule has 2 aromatic rings. The Balaban J connectivity index is 1.60. The van der Waals surface area contributed by atoms with Gasteiger partial charge in [-0.05, 0) is 44.5 Å². The first-order valence-electron chi connectivity index (χ1n) is 8.64. The van der Waals surface area contributed by atoms with Crippen LogP contribution in [0, 0.1) is 5.82 Å². The fourth-order valence-corrected chi connectivity index (χ4v) is 3.32. The fourth-order valence-electron chi connectivity index (χ4n) is 3.32. The zero-order chi connectivity index (χ0) is 17.6. The Bertz CT molecular complexity index is 710. The maximum Gasteiger partial charge on any atom is 0.256 e. The first-order valence-corrected chi connectivity index (χ1v) is 8.64. The second-order valence-corrected chi connectivity index (χ2v) is 6.47. The highest BCUT2D eigenvalue weighted by molar-refractivity contribution is 5.94. The third-order valence-corrected chi connectivity index (χ3v) is 4.75. The zero-order valence-electron chi connectivity index (χ0n) is 14.4. The van der Waals surface area contributed by atoms with Crippen molar-refractivity contribution in [3.05, 3.63) is 59.9 Å². The molecule has 1 unspecified atom stereocenters. The number of amides is 1. The first-order chi connectivity index (χ1) is 12.1. The van der Waals surface area contributed by atoms with Crippen molar-refractivity contribution < 1.29 is 9.18 Å². The Kier molecular flexibility index (Phi) is 5.71. The maximum atomic E-state index is 13.8. The minimum absolute atomic E-state index is 0.107. The highest BCUT2D eigenvalue weighted by Gasteiger charge is 2.25. The molecule has 5 nitrogen and oxygen atoms in total. The standard InChI is InChI=1S/C19H23FN4O/c1-23(14-15-5-2-3-9-22-15)16-6-4-11-24(12-8-16)19(25)17-7-10-21-13-18(17)20/h2-3,5,7,9-10,13,16H,4,6,8,11-12,14H2,1H3. The number of nitrogens with zero attached hydrogens (tertiary/aromatic N) is 4. The molecule has 3 heterocycles. The third-order valence-electron chi connectivity index (χ3n) is 4.75. The molecular weight excluding hydrogens is 319 g/mol. The number of likely N-dealkylation sites (tertiary alicyclic amines) is 1. The largest absolute Gasteiger partial charge is 0.338 e. The van der Waals surface area contributed by atoms with Gasteiger partial charge in [-0.15, -0.1) is 0 Å². The summed E-state index contributed by atoms with van der Waals surface area (Å²) in [4.78, 5) is 24.7. The van der Waals surface area contributed by atoms with Crippen molar-refractivity contribution >= 4 is 5.91 Å². The van der Waals surface area contributed by atoms with Crippen molar-refractivity contribution in [2.24, 2.45) is 0 Å². The molecular formula is C19H23FN4O. The summed E-state index contributed by atoms with van der Waals surface area (Å²) in [6, 6.07) is 7.77. The van der Waals surface area contributed by atoms with Gasteiger partial charge in [-0.3, -0.25) is 19.7 Å². The molecule has 0 N–H and O–H groups in total. The van der Waals surface area contributed by atoms with Crippen LogP contribution in [-0.4, -0.2) is 51.9 Å². The highest BCUT2D eigenvalue weighted by atomic mass is 19.1. The Morgan fingerprint density at radius 2 is 2.16 bits per heavy atom. The molecule has 1 atom stereocenters. The number of hydrogen-bond donors (Lipinski definition) is 0. The zero-order valence-corrected chi connectivity index (χ0v) is 14.4. The van der Waals surface area contributed by atoms with Crippen LogP contribution < -0.4 is 0 Å². The molecule has 0 aliphatic carbocycles. The minimum atomic E-state index is -0.555. The van der Waals surface area contributed by atoms with E-state index in [1.165, 1.54) is 12.3 Å². The van der Waals surface area contributed by atoms with Crippen molar-refractivity contribution in [1.29, 1.82) is 0 Å². The average Bonchev–Trinajstić information content (AvgIpc) is 2.89. The van der Waals surface area contributed by atoms with E-state index < -0.39 is 5.82 Å². The molecule has 0 spiro atoms. The van der Waals surface area contributed by atoms with Gasteiger partial charge in [0.25, 0.3) is 5.91 Å². The third kappa shape index (κ3) is 4.39. The summed E-state index contributed by atoms with van der Waals surface area (Å²) < 4.78 is 13.8. The lowest BCUT2D eigenvalue weighted by Gasteiger charge is -2.27. The Labute approximate surface area is 147 Å². The lowest BCUT2D eigenvalue weighted by molar-refractivity contribution is 0.0752. The van der Waals surface area contributed by atoms with Gasteiger partial charge in [-0.2, -0.15) is 0 Å². The van der Waals surface area contributed by atoms with Crippen molar-refractivity contribution in [3.8, 4) is 0 Å². The van der Waals surface area contributed by atoms with Crippen molar-refractivity contribution in [2.75, 3.05) is 20.1 Å². The normalized spacial score (nSPS) is 18.2. The van der Waals surface area contributed by atoms with Gasteiger partial charge in [-0.25, -0.2) is 4.39 Å².